The number of carbonyl (C=O) groups is 1. The van der Waals surface area contributed by atoms with Crippen LogP contribution in [-0.2, 0) is 14.8 Å². The zero-order valence-corrected chi connectivity index (χ0v) is 19.2. The van der Waals surface area contributed by atoms with E-state index >= 15 is 0 Å². The van der Waals surface area contributed by atoms with Crippen molar-refractivity contribution in [1.29, 1.82) is 0 Å². The maximum absolute atomic E-state index is 12.7. The number of rotatable bonds is 7. The van der Waals surface area contributed by atoms with Crippen LogP contribution in [0.15, 0.2) is 57.0 Å². The first-order valence-corrected chi connectivity index (χ1v) is 11.8. The molecule has 3 rings (SSSR count). The molecule has 9 heteroatoms. The highest BCUT2D eigenvalue weighted by molar-refractivity contribution is 8.00. The van der Waals surface area contributed by atoms with Crippen molar-refractivity contribution in [3.63, 3.8) is 0 Å². The third kappa shape index (κ3) is 4.69. The van der Waals surface area contributed by atoms with Gasteiger partial charge in [-0.3, -0.25) is 4.79 Å². The Hall–Kier alpha value is -2.36. The minimum absolute atomic E-state index is 0.140. The van der Waals surface area contributed by atoms with Crippen molar-refractivity contribution >= 4 is 44.5 Å². The highest BCUT2D eigenvalue weighted by atomic mass is 32.2. The molecule has 0 saturated heterocycles. The second kappa shape index (κ2) is 8.79. The molecule has 7 nitrogen and oxygen atoms in total. The summed E-state index contributed by atoms with van der Waals surface area (Å²) >= 11 is 1.18. The minimum Gasteiger partial charge on any atom is -0.431 e. The summed E-state index contributed by atoms with van der Waals surface area (Å²) in [6.45, 7) is 5.92. The third-order valence-electron chi connectivity index (χ3n) is 4.61. The molecule has 0 bridgehead atoms. The van der Waals surface area contributed by atoms with Crippen molar-refractivity contribution in [2.75, 3.05) is 19.4 Å². The van der Waals surface area contributed by atoms with E-state index in [4.69, 9.17) is 4.42 Å². The number of oxazole rings is 1. The molecule has 0 saturated carbocycles. The average Bonchev–Trinajstić information content (AvgIpc) is 3.09. The van der Waals surface area contributed by atoms with E-state index in [0.29, 0.717) is 16.3 Å². The van der Waals surface area contributed by atoms with Gasteiger partial charge in [-0.2, -0.15) is 0 Å². The Morgan fingerprint density at radius 2 is 1.83 bits per heavy atom. The Balaban J connectivity index is 1.77. The van der Waals surface area contributed by atoms with Gasteiger partial charge in [0.25, 0.3) is 5.22 Å². The fourth-order valence-electron chi connectivity index (χ4n) is 2.86. The number of anilines is 1. The van der Waals surface area contributed by atoms with E-state index in [1.807, 2.05) is 24.3 Å². The molecule has 0 aliphatic rings. The van der Waals surface area contributed by atoms with Crippen LogP contribution in [0.2, 0.25) is 0 Å². The maximum Gasteiger partial charge on any atom is 0.257 e. The summed E-state index contributed by atoms with van der Waals surface area (Å²) in [5.41, 5.74) is 2.76. The number of benzene rings is 2. The van der Waals surface area contributed by atoms with Crippen molar-refractivity contribution < 1.29 is 17.6 Å². The lowest BCUT2D eigenvalue weighted by atomic mass is 10.0. The van der Waals surface area contributed by atoms with Crippen LogP contribution >= 0.6 is 11.8 Å². The second-order valence-electron chi connectivity index (χ2n) is 7.39. The van der Waals surface area contributed by atoms with Gasteiger partial charge < -0.3 is 9.73 Å². The van der Waals surface area contributed by atoms with Gasteiger partial charge in [0.15, 0.2) is 5.58 Å². The van der Waals surface area contributed by atoms with Gasteiger partial charge in [-0.05, 0) is 42.7 Å². The van der Waals surface area contributed by atoms with E-state index in [-0.39, 0.29) is 16.7 Å². The van der Waals surface area contributed by atoms with Crippen molar-refractivity contribution in [3.8, 4) is 0 Å². The molecule has 0 aliphatic carbocycles. The smallest absolute Gasteiger partial charge is 0.257 e. The van der Waals surface area contributed by atoms with Gasteiger partial charge >= 0.3 is 0 Å². The lowest BCUT2D eigenvalue weighted by molar-refractivity contribution is -0.115. The fourth-order valence-corrected chi connectivity index (χ4v) is 4.54. The molecule has 1 amide bonds. The summed E-state index contributed by atoms with van der Waals surface area (Å²) in [6.07, 6.45) is 0. The molecule has 1 N–H and O–H groups in total. The Bertz CT molecular complexity index is 1170. The van der Waals surface area contributed by atoms with Crippen LogP contribution < -0.4 is 5.32 Å². The van der Waals surface area contributed by atoms with Crippen LogP contribution in [0.5, 0.6) is 0 Å². The number of aromatic nitrogens is 1. The van der Waals surface area contributed by atoms with Crippen molar-refractivity contribution in [2.45, 2.75) is 42.1 Å². The van der Waals surface area contributed by atoms with E-state index in [0.717, 1.165) is 15.6 Å². The number of hydrogen-bond donors (Lipinski definition) is 1. The summed E-state index contributed by atoms with van der Waals surface area (Å²) in [5, 5.41) is 2.83. The summed E-state index contributed by atoms with van der Waals surface area (Å²) in [4.78, 5) is 17.2. The van der Waals surface area contributed by atoms with Gasteiger partial charge in [-0.25, -0.2) is 17.7 Å². The van der Waals surface area contributed by atoms with Gasteiger partial charge in [0, 0.05) is 19.8 Å². The van der Waals surface area contributed by atoms with Crippen LogP contribution in [0.1, 0.15) is 32.3 Å². The van der Waals surface area contributed by atoms with Crippen LogP contribution in [0.4, 0.5) is 5.69 Å². The normalized spacial score (nSPS) is 13.2. The first-order valence-electron chi connectivity index (χ1n) is 9.49. The van der Waals surface area contributed by atoms with Crippen molar-refractivity contribution in [2.24, 2.45) is 0 Å². The van der Waals surface area contributed by atoms with Crippen LogP contribution in [0, 0.1) is 0 Å². The highest BCUT2D eigenvalue weighted by Gasteiger charge is 2.22. The van der Waals surface area contributed by atoms with Crippen molar-refractivity contribution in [3.05, 3.63) is 48.0 Å². The third-order valence-corrected chi connectivity index (χ3v) is 7.36. The largest absolute Gasteiger partial charge is 0.431 e. The van der Waals surface area contributed by atoms with E-state index in [1.165, 1.54) is 38.0 Å². The van der Waals surface area contributed by atoms with E-state index in [2.05, 4.69) is 24.1 Å². The molecular formula is C21H25N3O4S2. The molecule has 0 fully saturated rings. The number of sulfonamides is 1. The summed E-state index contributed by atoms with van der Waals surface area (Å²) in [7, 11) is -0.614. The zero-order chi connectivity index (χ0) is 22.1. The first kappa shape index (κ1) is 22.3. The van der Waals surface area contributed by atoms with Gasteiger partial charge in [0.05, 0.1) is 10.1 Å². The van der Waals surface area contributed by atoms with Gasteiger partial charge in [-0.15, -0.1) is 0 Å². The monoisotopic (exact) mass is 447 g/mol. The molecule has 0 spiro atoms. The van der Waals surface area contributed by atoms with E-state index in [1.54, 1.807) is 13.0 Å². The van der Waals surface area contributed by atoms with Crippen LogP contribution in [0.3, 0.4) is 0 Å². The summed E-state index contributed by atoms with van der Waals surface area (Å²) in [5.74, 6) is 0.125. The number of thioether (sulfide) groups is 1. The number of amides is 1. The standard InChI is InChI=1S/C21H25N3O4S2/c1-13(2)16-8-6-7-9-17(16)22-20(25)14(3)29-21-23-18-12-15(10-11-19(18)28-21)30(26,27)24(4)5/h6-14H,1-5H3,(H,22,25). The SMILES string of the molecule is CC(Sc1nc2cc(S(=O)(=O)N(C)C)ccc2o1)C(=O)Nc1ccccc1C(C)C. The van der Waals surface area contributed by atoms with Gasteiger partial charge in [-0.1, -0.05) is 43.8 Å². The van der Waals surface area contributed by atoms with Gasteiger partial charge in [0.2, 0.25) is 15.9 Å². The molecular weight excluding hydrogens is 422 g/mol. The molecule has 2 aromatic carbocycles. The molecule has 1 aromatic heterocycles. The molecule has 160 valence electrons. The van der Waals surface area contributed by atoms with Crippen molar-refractivity contribution in [1.82, 2.24) is 9.29 Å². The molecule has 0 radical (unpaired) electrons. The Morgan fingerprint density at radius 1 is 1.13 bits per heavy atom. The molecule has 1 unspecified atom stereocenters. The summed E-state index contributed by atoms with van der Waals surface area (Å²) < 4.78 is 31.5. The van der Waals surface area contributed by atoms with Crippen LogP contribution in [-0.4, -0.2) is 43.0 Å². The second-order valence-corrected chi connectivity index (χ2v) is 10.8. The van der Waals surface area contributed by atoms with Gasteiger partial charge in [0.1, 0.15) is 5.52 Å². The molecule has 1 atom stereocenters. The quantitative estimate of drug-likeness (QED) is 0.542. The molecule has 3 aromatic rings. The Kier molecular flexibility index (Phi) is 6.54. The lowest BCUT2D eigenvalue weighted by Gasteiger charge is -2.15. The Morgan fingerprint density at radius 3 is 2.50 bits per heavy atom. The maximum atomic E-state index is 12.7. The predicted molar refractivity (Wildman–Crippen MR) is 119 cm³/mol. The van der Waals surface area contributed by atoms with E-state index in [9.17, 15) is 13.2 Å². The Labute approximate surface area is 180 Å². The number of hydrogen-bond acceptors (Lipinski definition) is 6. The predicted octanol–water partition coefficient (Wildman–Crippen LogP) is 4.32. The topological polar surface area (TPSA) is 92.5 Å². The zero-order valence-electron chi connectivity index (χ0n) is 17.5. The number of carbonyl (C=O) groups excluding carboxylic acids is 1. The average molecular weight is 448 g/mol. The number of fused-ring (bicyclic) bond motifs is 1. The number of para-hydroxylation sites is 1. The highest BCUT2D eigenvalue weighted by Crippen LogP contribution is 2.30. The minimum atomic E-state index is -3.56. The molecule has 30 heavy (non-hydrogen) atoms. The molecule has 0 aliphatic heterocycles. The van der Waals surface area contributed by atoms with Crippen LogP contribution in [0.25, 0.3) is 11.1 Å². The fraction of sp³-hybridized carbons (Fsp3) is 0.333. The number of nitrogens with one attached hydrogen (secondary N) is 1. The lowest BCUT2D eigenvalue weighted by Crippen LogP contribution is -2.23. The first-order chi connectivity index (χ1) is 14.1. The summed E-state index contributed by atoms with van der Waals surface area (Å²) in [6, 6.07) is 12.3. The molecule has 1 heterocycles. The van der Waals surface area contributed by atoms with E-state index < -0.39 is 15.3 Å². The number of nitrogens with zero attached hydrogens (tertiary/aromatic N) is 2.